The maximum absolute atomic E-state index is 12.3. The summed E-state index contributed by atoms with van der Waals surface area (Å²) in [7, 11) is 0. The highest BCUT2D eigenvalue weighted by Crippen LogP contribution is 2.33. The van der Waals surface area contributed by atoms with Gasteiger partial charge in [-0.3, -0.25) is 14.4 Å². The molecule has 0 bridgehead atoms. The fraction of sp³-hybridized carbons (Fsp3) is 0.800. The summed E-state index contributed by atoms with van der Waals surface area (Å²) in [4.78, 5) is 36.0. The second-order valence-electron chi connectivity index (χ2n) is 5.59. The highest BCUT2D eigenvalue weighted by Gasteiger charge is 2.55. The average Bonchev–Trinajstić information content (AvgIpc) is 2.64. The van der Waals surface area contributed by atoms with E-state index < -0.39 is 35.2 Å². The highest BCUT2D eigenvalue weighted by molar-refractivity contribution is 6.24. The topological polar surface area (TPSA) is 80.7 Å². The van der Waals surface area contributed by atoms with Crippen molar-refractivity contribution < 1.29 is 24.2 Å². The van der Waals surface area contributed by atoms with Crippen LogP contribution in [0.25, 0.3) is 0 Å². The van der Waals surface area contributed by atoms with Gasteiger partial charge in [-0.15, -0.1) is 0 Å². The van der Waals surface area contributed by atoms with E-state index in [4.69, 9.17) is 4.74 Å². The minimum Gasteiger partial charge on any atom is -0.450 e. The lowest BCUT2D eigenvalue weighted by Gasteiger charge is -2.20. The molecule has 0 aromatic heterocycles. The molecule has 0 radical (unpaired) electrons. The third-order valence-corrected chi connectivity index (χ3v) is 3.85. The summed E-state index contributed by atoms with van der Waals surface area (Å²) >= 11 is 0. The summed E-state index contributed by atoms with van der Waals surface area (Å²) in [6.45, 7) is 5.27. The SMILES string of the molecule is CCCCCCC1(C)OC(=O)C(C(=O)C(O)CC)C1=O. The van der Waals surface area contributed by atoms with Crippen LogP contribution >= 0.6 is 0 Å². The molecule has 3 atom stereocenters. The number of ketones is 2. The zero-order chi connectivity index (χ0) is 15.3. The van der Waals surface area contributed by atoms with E-state index >= 15 is 0 Å². The molecule has 0 aromatic carbocycles. The number of rotatable bonds is 8. The van der Waals surface area contributed by atoms with Crippen LogP contribution in [0.1, 0.15) is 59.3 Å². The number of Topliss-reactive ketones (excluding diaryl/α,β-unsaturated/α-hetero) is 2. The number of ether oxygens (including phenoxy) is 1. The van der Waals surface area contributed by atoms with Crippen LogP contribution in [0.2, 0.25) is 0 Å². The largest absolute Gasteiger partial charge is 0.450 e. The van der Waals surface area contributed by atoms with Crippen LogP contribution < -0.4 is 0 Å². The molecule has 20 heavy (non-hydrogen) atoms. The zero-order valence-electron chi connectivity index (χ0n) is 12.5. The van der Waals surface area contributed by atoms with Crippen molar-refractivity contribution in [1.29, 1.82) is 0 Å². The molecule has 0 amide bonds. The number of hydrogen-bond donors (Lipinski definition) is 1. The Morgan fingerprint density at radius 1 is 1.30 bits per heavy atom. The van der Waals surface area contributed by atoms with Gasteiger partial charge < -0.3 is 9.84 Å². The van der Waals surface area contributed by atoms with Gasteiger partial charge in [0.2, 0.25) is 0 Å². The van der Waals surface area contributed by atoms with Crippen molar-refractivity contribution in [2.45, 2.75) is 71.0 Å². The molecule has 1 rings (SSSR count). The Balaban J connectivity index is 2.72. The molecule has 1 aliphatic rings. The molecular formula is C15H24O5. The number of unbranched alkanes of at least 4 members (excludes halogenated alkanes) is 3. The Labute approximate surface area is 119 Å². The minimum atomic E-state index is -1.44. The van der Waals surface area contributed by atoms with E-state index in [0.717, 1.165) is 25.7 Å². The third-order valence-electron chi connectivity index (χ3n) is 3.85. The standard InChI is InChI=1S/C15H24O5/c1-4-6-7-8-9-15(3)13(18)11(14(19)20-15)12(17)10(16)5-2/h10-11,16H,4-9H2,1-3H3. The number of cyclic esters (lactones) is 1. The normalized spacial score (nSPS) is 27.5. The van der Waals surface area contributed by atoms with Crippen molar-refractivity contribution in [2.24, 2.45) is 5.92 Å². The van der Waals surface area contributed by atoms with Gasteiger partial charge in [-0.05, 0) is 26.2 Å². The fourth-order valence-corrected chi connectivity index (χ4v) is 2.45. The summed E-state index contributed by atoms with van der Waals surface area (Å²) in [5.41, 5.74) is -1.21. The van der Waals surface area contributed by atoms with Gasteiger partial charge in [0.05, 0.1) is 0 Å². The zero-order valence-corrected chi connectivity index (χ0v) is 12.5. The van der Waals surface area contributed by atoms with E-state index in [9.17, 15) is 19.5 Å². The van der Waals surface area contributed by atoms with Gasteiger partial charge in [-0.1, -0.05) is 33.1 Å². The molecule has 1 heterocycles. The van der Waals surface area contributed by atoms with Gasteiger partial charge >= 0.3 is 5.97 Å². The minimum absolute atomic E-state index is 0.184. The van der Waals surface area contributed by atoms with E-state index in [0.29, 0.717) is 6.42 Å². The monoisotopic (exact) mass is 284 g/mol. The van der Waals surface area contributed by atoms with Crippen molar-refractivity contribution in [3.05, 3.63) is 0 Å². The number of esters is 1. The van der Waals surface area contributed by atoms with Crippen molar-refractivity contribution in [3.8, 4) is 0 Å². The lowest BCUT2D eigenvalue weighted by Crippen LogP contribution is -2.39. The molecule has 0 spiro atoms. The maximum Gasteiger partial charge on any atom is 0.325 e. The molecule has 0 saturated carbocycles. The third kappa shape index (κ3) is 3.45. The summed E-state index contributed by atoms with van der Waals surface area (Å²) in [5.74, 6) is -3.50. The second kappa shape index (κ2) is 6.97. The molecule has 1 saturated heterocycles. The molecule has 5 nitrogen and oxygen atoms in total. The first-order chi connectivity index (χ1) is 9.37. The first kappa shape index (κ1) is 16.8. The lowest BCUT2D eigenvalue weighted by atomic mass is 9.85. The predicted octanol–water partition coefficient (Wildman–Crippen LogP) is 1.80. The Morgan fingerprint density at radius 3 is 2.50 bits per heavy atom. The van der Waals surface area contributed by atoms with Crippen LogP contribution in [0.4, 0.5) is 0 Å². The molecule has 3 unspecified atom stereocenters. The highest BCUT2D eigenvalue weighted by atomic mass is 16.6. The second-order valence-corrected chi connectivity index (χ2v) is 5.59. The van der Waals surface area contributed by atoms with Gasteiger partial charge in [0.1, 0.15) is 6.10 Å². The first-order valence-electron chi connectivity index (χ1n) is 7.36. The van der Waals surface area contributed by atoms with E-state index in [2.05, 4.69) is 6.92 Å². The molecule has 0 aromatic rings. The van der Waals surface area contributed by atoms with Crippen LogP contribution in [0, 0.1) is 5.92 Å². The number of aliphatic hydroxyl groups excluding tert-OH is 1. The lowest BCUT2D eigenvalue weighted by molar-refractivity contribution is -0.153. The Hall–Kier alpha value is -1.23. The quantitative estimate of drug-likeness (QED) is 0.417. The Kier molecular flexibility index (Phi) is 5.87. The Bertz CT molecular complexity index is 390. The number of carbonyl (C=O) groups is 3. The van der Waals surface area contributed by atoms with E-state index in [1.807, 2.05) is 0 Å². The van der Waals surface area contributed by atoms with Gasteiger partial charge in [0, 0.05) is 0 Å². The smallest absolute Gasteiger partial charge is 0.325 e. The molecule has 1 N–H and O–H groups in total. The van der Waals surface area contributed by atoms with Crippen LogP contribution in [0.5, 0.6) is 0 Å². The van der Waals surface area contributed by atoms with E-state index in [1.54, 1.807) is 13.8 Å². The van der Waals surface area contributed by atoms with Crippen molar-refractivity contribution in [2.75, 3.05) is 0 Å². The van der Waals surface area contributed by atoms with Crippen LogP contribution in [-0.4, -0.2) is 34.3 Å². The number of hydrogen-bond acceptors (Lipinski definition) is 5. The first-order valence-corrected chi connectivity index (χ1v) is 7.36. The predicted molar refractivity (Wildman–Crippen MR) is 73.1 cm³/mol. The fourth-order valence-electron chi connectivity index (χ4n) is 2.45. The van der Waals surface area contributed by atoms with Crippen LogP contribution in [-0.2, 0) is 19.1 Å². The maximum atomic E-state index is 12.3. The van der Waals surface area contributed by atoms with Gasteiger partial charge in [0.15, 0.2) is 23.1 Å². The Morgan fingerprint density at radius 2 is 1.95 bits per heavy atom. The summed E-state index contributed by atoms with van der Waals surface area (Å²) < 4.78 is 5.15. The summed E-state index contributed by atoms with van der Waals surface area (Å²) in [6.07, 6.45) is 3.22. The van der Waals surface area contributed by atoms with E-state index in [-0.39, 0.29) is 6.42 Å². The molecule has 0 aliphatic carbocycles. The van der Waals surface area contributed by atoms with Gasteiger partial charge in [-0.25, -0.2) is 0 Å². The van der Waals surface area contributed by atoms with Crippen LogP contribution in [0.15, 0.2) is 0 Å². The van der Waals surface area contributed by atoms with E-state index in [1.165, 1.54) is 0 Å². The molecule has 1 fully saturated rings. The molecular weight excluding hydrogens is 260 g/mol. The molecule has 1 aliphatic heterocycles. The summed E-state index contributed by atoms with van der Waals surface area (Å²) in [5, 5.41) is 9.53. The van der Waals surface area contributed by atoms with Gasteiger partial charge in [0.25, 0.3) is 0 Å². The van der Waals surface area contributed by atoms with Crippen molar-refractivity contribution in [1.82, 2.24) is 0 Å². The molecule has 114 valence electrons. The van der Waals surface area contributed by atoms with Crippen molar-refractivity contribution >= 4 is 17.5 Å². The van der Waals surface area contributed by atoms with Crippen LogP contribution in [0.3, 0.4) is 0 Å². The average molecular weight is 284 g/mol. The van der Waals surface area contributed by atoms with Crippen molar-refractivity contribution in [3.63, 3.8) is 0 Å². The summed E-state index contributed by atoms with van der Waals surface area (Å²) in [6, 6.07) is 0. The number of aliphatic hydroxyl groups is 1. The van der Waals surface area contributed by atoms with Gasteiger partial charge in [-0.2, -0.15) is 0 Å². The number of carbonyl (C=O) groups excluding carboxylic acids is 3. The molecule has 5 heteroatoms.